The Kier molecular flexibility index (Phi) is 4.92. The summed E-state index contributed by atoms with van der Waals surface area (Å²) < 4.78 is 0. The van der Waals surface area contributed by atoms with Crippen LogP contribution in [-0.4, -0.2) is 28.4 Å². The van der Waals surface area contributed by atoms with E-state index in [9.17, 15) is 4.79 Å². The number of hydrogen-bond acceptors (Lipinski definition) is 2. The van der Waals surface area contributed by atoms with Crippen LogP contribution in [0.2, 0.25) is 0 Å². The molecule has 0 aromatic rings. The Morgan fingerprint density at radius 1 is 1.25 bits per heavy atom. The van der Waals surface area contributed by atoms with Gasteiger partial charge in [-0.3, -0.25) is 4.79 Å². The van der Waals surface area contributed by atoms with E-state index in [0.717, 1.165) is 6.42 Å². The summed E-state index contributed by atoms with van der Waals surface area (Å²) in [6, 6.07) is 0. The molecule has 0 saturated carbocycles. The van der Waals surface area contributed by atoms with Crippen LogP contribution < -0.4 is 5.73 Å². The lowest BCUT2D eigenvalue weighted by molar-refractivity contribution is -0.141. The first-order valence-electron chi connectivity index (χ1n) is 5.71. The molecule has 0 aromatic carbocycles. The summed E-state index contributed by atoms with van der Waals surface area (Å²) >= 11 is 5.01. The van der Waals surface area contributed by atoms with Crippen LogP contribution in [0.3, 0.4) is 0 Å². The molecular formula is C12H24N2OS. The Labute approximate surface area is 104 Å². The van der Waals surface area contributed by atoms with Gasteiger partial charge in [-0.2, -0.15) is 0 Å². The third kappa shape index (κ3) is 2.73. The summed E-state index contributed by atoms with van der Waals surface area (Å²) in [6.45, 7) is 9.90. The molecule has 0 heterocycles. The quantitative estimate of drug-likeness (QED) is 0.755. The molecule has 1 atom stereocenters. The molecule has 0 aromatic heterocycles. The van der Waals surface area contributed by atoms with E-state index in [0.29, 0.717) is 6.42 Å². The average molecular weight is 244 g/mol. The lowest BCUT2D eigenvalue weighted by atomic mass is 9.84. The van der Waals surface area contributed by atoms with E-state index in [4.69, 9.17) is 18.0 Å². The van der Waals surface area contributed by atoms with Gasteiger partial charge in [0.1, 0.15) is 0 Å². The number of nitrogens with zero attached hydrogens (tertiary/aromatic N) is 1. The van der Waals surface area contributed by atoms with E-state index < -0.39 is 5.41 Å². The van der Waals surface area contributed by atoms with E-state index in [2.05, 4.69) is 6.92 Å². The molecule has 0 aliphatic rings. The molecule has 1 amide bonds. The van der Waals surface area contributed by atoms with Gasteiger partial charge >= 0.3 is 0 Å². The van der Waals surface area contributed by atoms with Gasteiger partial charge in [0.15, 0.2) is 0 Å². The molecule has 0 rings (SSSR count). The Balaban J connectivity index is 5.13. The smallest absolute Gasteiger partial charge is 0.235 e. The lowest BCUT2D eigenvalue weighted by Gasteiger charge is -2.40. The van der Waals surface area contributed by atoms with Crippen molar-refractivity contribution < 1.29 is 4.79 Å². The highest BCUT2D eigenvalue weighted by Crippen LogP contribution is 2.28. The van der Waals surface area contributed by atoms with Crippen LogP contribution >= 0.6 is 12.2 Å². The van der Waals surface area contributed by atoms with E-state index in [1.54, 1.807) is 4.90 Å². The first-order chi connectivity index (χ1) is 7.13. The van der Waals surface area contributed by atoms with Gasteiger partial charge < -0.3 is 10.6 Å². The second-order valence-corrected chi connectivity index (χ2v) is 5.52. The second-order valence-electron chi connectivity index (χ2n) is 5.08. The van der Waals surface area contributed by atoms with Crippen molar-refractivity contribution >= 4 is 23.1 Å². The van der Waals surface area contributed by atoms with Crippen LogP contribution in [0, 0.1) is 5.41 Å². The first kappa shape index (κ1) is 15.4. The predicted molar refractivity (Wildman–Crippen MR) is 72.3 cm³/mol. The highest BCUT2D eigenvalue weighted by atomic mass is 32.1. The minimum Gasteiger partial charge on any atom is -0.392 e. The molecule has 16 heavy (non-hydrogen) atoms. The number of rotatable bonds is 5. The summed E-state index contributed by atoms with van der Waals surface area (Å²) in [6.07, 6.45) is 1.53. The molecule has 1 unspecified atom stereocenters. The molecule has 0 aliphatic carbocycles. The first-order valence-corrected chi connectivity index (χ1v) is 6.12. The topological polar surface area (TPSA) is 46.3 Å². The van der Waals surface area contributed by atoms with Gasteiger partial charge in [0.25, 0.3) is 0 Å². The molecule has 3 nitrogen and oxygen atoms in total. The molecule has 2 N–H and O–H groups in total. The summed E-state index contributed by atoms with van der Waals surface area (Å²) in [5.74, 6) is 0.00866. The van der Waals surface area contributed by atoms with Crippen LogP contribution in [0.5, 0.6) is 0 Å². The van der Waals surface area contributed by atoms with Gasteiger partial charge in [0, 0.05) is 12.6 Å². The Morgan fingerprint density at radius 2 is 1.69 bits per heavy atom. The van der Waals surface area contributed by atoms with Crippen molar-refractivity contribution in [3.8, 4) is 0 Å². The molecule has 0 saturated heterocycles. The third-order valence-corrected chi connectivity index (χ3v) is 4.25. The van der Waals surface area contributed by atoms with Crippen molar-refractivity contribution in [2.24, 2.45) is 11.1 Å². The van der Waals surface area contributed by atoms with Gasteiger partial charge in [-0.05, 0) is 33.6 Å². The number of thiocarbonyl (C=S) groups is 1. The maximum Gasteiger partial charge on any atom is 0.235 e. The van der Waals surface area contributed by atoms with Gasteiger partial charge in [0.05, 0.1) is 10.4 Å². The van der Waals surface area contributed by atoms with E-state index >= 15 is 0 Å². The van der Waals surface area contributed by atoms with Gasteiger partial charge in [-0.25, -0.2) is 0 Å². The Bertz CT molecular complexity index is 289. The van der Waals surface area contributed by atoms with E-state index in [1.165, 1.54) is 0 Å². The molecule has 0 bridgehead atoms. The number of amides is 1. The van der Waals surface area contributed by atoms with E-state index in [-0.39, 0.29) is 16.4 Å². The SMILES string of the molecule is CCC(C)(C(=O)N(C)C(C)(C)CC)C(N)=S. The molecule has 0 aliphatic heterocycles. The van der Waals surface area contributed by atoms with Gasteiger partial charge in [0.2, 0.25) is 5.91 Å². The van der Waals surface area contributed by atoms with Crippen molar-refractivity contribution in [3.05, 3.63) is 0 Å². The zero-order chi connectivity index (χ0) is 13.1. The number of carbonyl (C=O) groups excluding carboxylic acids is 1. The van der Waals surface area contributed by atoms with Crippen molar-refractivity contribution in [2.75, 3.05) is 7.05 Å². The lowest BCUT2D eigenvalue weighted by Crippen LogP contribution is -2.54. The highest BCUT2D eigenvalue weighted by Gasteiger charge is 2.40. The fourth-order valence-electron chi connectivity index (χ4n) is 1.31. The van der Waals surface area contributed by atoms with Crippen LogP contribution in [0.4, 0.5) is 0 Å². The number of hydrogen-bond donors (Lipinski definition) is 1. The maximum absolute atomic E-state index is 12.4. The zero-order valence-electron chi connectivity index (χ0n) is 11.3. The minimum absolute atomic E-state index is 0.00866. The summed E-state index contributed by atoms with van der Waals surface area (Å²) in [5, 5.41) is 0. The average Bonchev–Trinajstić information content (AvgIpc) is 2.25. The van der Waals surface area contributed by atoms with Crippen molar-refractivity contribution in [1.82, 2.24) is 4.90 Å². The van der Waals surface area contributed by atoms with Crippen LogP contribution in [0.15, 0.2) is 0 Å². The Hall–Kier alpha value is -0.640. The molecule has 0 fully saturated rings. The number of carbonyl (C=O) groups is 1. The maximum atomic E-state index is 12.4. The van der Waals surface area contributed by atoms with Crippen molar-refractivity contribution in [2.45, 2.75) is 53.0 Å². The molecule has 4 heteroatoms. The molecular weight excluding hydrogens is 220 g/mol. The van der Waals surface area contributed by atoms with Crippen LogP contribution in [0.25, 0.3) is 0 Å². The monoisotopic (exact) mass is 244 g/mol. The van der Waals surface area contributed by atoms with Crippen LogP contribution in [-0.2, 0) is 4.79 Å². The van der Waals surface area contributed by atoms with Crippen LogP contribution in [0.1, 0.15) is 47.5 Å². The largest absolute Gasteiger partial charge is 0.392 e. The van der Waals surface area contributed by atoms with Crippen molar-refractivity contribution in [3.63, 3.8) is 0 Å². The molecule has 94 valence electrons. The summed E-state index contributed by atoms with van der Waals surface area (Å²) in [5.41, 5.74) is 4.79. The fraction of sp³-hybridized carbons (Fsp3) is 0.833. The molecule has 0 radical (unpaired) electrons. The molecule has 0 spiro atoms. The van der Waals surface area contributed by atoms with Gasteiger partial charge in [-0.15, -0.1) is 0 Å². The van der Waals surface area contributed by atoms with E-state index in [1.807, 2.05) is 34.7 Å². The highest BCUT2D eigenvalue weighted by molar-refractivity contribution is 7.80. The van der Waals surface area contributed by atoms with Crippen molar-refractivity contribution in [1.29, 1.82) is 0 Å². The number of nitrogens with two attached hydrogens (primary N) is 1. The summed E-state index contributed by atoms with van der Waals surface area (Å²) in [4.78, 5) is 14.4. The second kappa shape index (κ2) is 5.13. The Morgan fingerprint density at radius 3 is 1.94 bits per heavy atom. The van der Waals surface area contributed by atoms with Gasteiger partial charge in [-0.1, -0.05) is 26.1 Å². The third-order valence-electron chi connectivity index (χ3n) is 3.80. The normalized spacial score (nSPS) is 15.4. The standard InChI is InChI=1S/C12H24N2OS/c1-7-11(3,4)14(6)10(15)12(5,8-2)9(13)16/h7-8H2,1-6H3,(H2,13,16). The predicted octanol–water partition coefficient (Wildman–Crippen LogP) is 2.34. The fourth-order valence-corrected chi connectivity index (χ4v) is 1.54. The minimum atomic E-state index is -0.726. The zero-order valence-corrected chi connectivity index (χ0v) is 12.1. The summed E-state index contributed by atoms with van der Waals surface area (Å²) in [7, 11) is 1.82.